The van der Waals surface area contributed by atoms with E-state index in [1.807, 2.05) is 30.5 Å². The van der Waals surface area contributed by atoms with Gasteiger partial charge in [0, 0.05) is 22.9 Å². The number of carbonyl (C=O) groups is 1. The van der Waals surface area contributed by atoms with Crippen LogP contribution in [0.3, 0.4) is 0 Å². The molecular weight excluding hydrogens is 322 g/mol. The first-order valence-corrected chi connectivity index (χ1v) is 8.20. The largest absolute Gasteiger partial charge is 0.310 e. The molecule has 1 aromatic heterocycles. The second kappa shape index (κ2) is 5.80. The summed E-state index contributed by atoms with van der Waals surface area (Å²) in [5.41, 5.74) is 4.18. The third-order valence-electron chi connectivity index (χ3n) is 4.35. The van der Waals surface area contributed by atoms with Gasteiger partial charge in [-0.3, -0.25) is 4.79 Å². The van der Waals surface area contributed by atoms with Gasteiger partial charge in [-0.1, -0.05) is 47.5 Å². The average Bonchev–Trinajstić information content (AvgIpc) is 2.98. The van der Waals surface area contributed by atoms with Crippen LogP contribution < -0.4 is 5.32 Å². The molecule has 120 valence electrons. The highest BCUT2D eigenvalue weighted by molar-refractivity contribution is 6.30. The third-order valence-corrected chi connectivity index (χ3v) is 4.59. The van der Waals surface area contributed by atoms with Gasteiger partial charge in [0.1, 0.15) is 5.82 Å². The number of fused-ring (bicyclic) bond motifs is 1. The lowest BCUT2D eigenvalue weighted by Crippen LogP contribution is -2.24. The van der Waals surface area contributed by atoms with Crippen molar-refractivity contribution in [1.29, 1.82) is 0 Å². The average molecular weight is 338 g/mol. The van der Waals surface area contributed by atoms with Crippen LogP contribution in [0.15, 0.2) is 54.7 Å². The quantitative estimate of drug-likeness (QED) is 0.757. The van der Waals surface area contributed by atoms with Gasteiger partial charge < -0.3 is 5.32 Å². The summed E-state index contributed by atoms with van der Waals surface area (Å²) in [4.78, 5) is 12.2. The fraction of sp³-hybridized carbons (Fsp3) is 0.158. The maximum atomic E-state index is 12.2. The molecule has 1 amide bonds. The van der Waals surface area contributed by atoms with Crippen LogP contribution in [-0.2, 0) is 4.79 Å². The number of rotatable bonds is 2. The van der Waals surface area contributed by atoms with Crippen molar-refractivity contribution in [3.63, 3.8) is 0 Å². The van der Waals surface area contributed by atoms with Gasteiger partial charge in [0.15, 0.2) is 0 Å². The molecule has 0 saturated heterocycles. The lowest BCUT2D eigenvalue weighted by Gasteiger charge is -2.24. The van der Waals surface area contributed by atoms with E-state index in [0.717, 1.165) is 22.6 Å². The zero-order chi connectivity index (χ0) is 16.7. The summed E-state index contributed by atoms with van der Waals surface area (Å²) in [5.74, 6) is 0.734. The fourth-order valence-corrected chi connectivity index (χ4v) is 3.30. The Kier molecular flexibility index (Phi) is 3.62. The monoisotopic (exact) mass is 337 g/mol. The minimum absolute atomic E-state index is 0.00291. The summed E-state index contributed by atoms with van der Waals surface area (Å²) < 4.78 is 1.74. The van der Waals surface area contributed by atoms with Crippen LogP contribution in [0.5, 0.6) is 0 Å². The molecule has 1 aliphatic rings. The molecule has 2 aromatic carbocycles. The third kappa shape index (κ3) is 2.59. The van der Waals surface area contributed by atoms with Gasteiger partial charge in [0.2, 0.25) is 5.91 Å². The van der Waals surface area contributed by atoms with Crippen LogP contribution >= 0.6 is 11.6 Å². The number of benzene rings is 2. The highest BCUT2D eigenvalue weighted by atomic mass is 35.5. The zero-order valence-corrected chi connectivity index (χ0v) is 13.9. The van der Waals surface area contributed by atoms with Gasteiger partial charge in [-0.2, -0.15) is 5.10 Å². The van der Waals surface area contributed by atoms with Gasteiger partial charge in [0.25, 0.3) is 0 Å². The first-order chi connectivity index (χ1) is 11.6. The molecule has 2 heterocycles. The van der Waals surface area contributed by atoms with Crippen molar-refractivity contribution in [2.24, 2.45) is 0 Å². The molecule has 4 rings (SSSR count). The predicted molar refractivity (Wildman–Crippen MR) is 94.8 cm³/mol. The van der Waals surface area contributed by atoms with Crippen molar-refractivity contribution in [3.05, 3.63) is 76.4 Å². The van der Waals surface area contributed by atoms with E-state index < -0.39 is 0 Å². The Morgan fingerprint density at radius 2 is 2.00 bits per heavy atom. The molecule has 0 unspecified atom stereocenters. The highest BCUT2D eigenvalue weighted by Crippen LogP contribution is 2.38. The summed E-state index contributed by atoms with van der Waals surface area (Å²) in [6.45, 7) is 2.06. The minimum Gasteiger partial charge on any atom is -0.310 e. The highest BCUT2D eigenvalue weighted by Gasteiger charge is 2.30. The number of carbonyl (C=O) groups excluding carboxylic acids is 1. The molecule has 0 aliphatic carbocycles. The molecular formula is C19H16ClN3O. The number of nitrogens with zero attached hydrogens (tertiary/aromatic N) is 2. The molecule has 0 saturated carbocycles. The number of halogens is 1. The van der Waals surface area contributed by atoms with E-state index in [9.17, 15) is 4.79 Å². The van der Waals surface area contributed by atoms with Gasteiger partial charge in [-0.05, 0) is 30.7 Å². The molecule has 3 aromatic rings. The van der Waals surface area contributed by atoms with Crippen molar-refractivity contribution in [3.8, 4) is 5.69 Å². The van der Waals surface area contributed by atoms with E-state index in [1.54, 1.807) is 4.68 Å². The number of hydrogen-bond acceptors (Lipinski definition) is 2. The maximum Gasteiger partial charge on any atom is 0.226 e. The van der Waals surface area contributed by atoms with E-state index in [1.165, 1.54) is 5.56 Å². The van der Waals surface area contributed by atoms with Gasteiger partial charge in [-0.15, -0.1) is 0 Å². The molecule has 0 radical (unpaired) electrons. The lowest BCUT2D eigenvalue weighted by molar-refractivity contribution is -0.116. The van der Waals surface area contributed by atoms with Crippen molar-refractivity contribution in [2.75, 3.05) is 5.32 Å². The van der Waals surface area contributed by atoms with Gasteiger partial charge in [0.05, 0.1) is 11.9 Å². The molecule has 5 heteroatoms. The maximum absolute atomic E-state index is 12.2. The van der Waals surface area contributed by atoms with Crippen molar-refractivity contribution < 1.29 is 4.79 Å². The van der Waals surface area contributed by atoms with Crippen molar-refractivity contribution >= 4 is 23.3 Å². The van der Waals surface area contributed by atoms with E-state index in [-0.39, 0.29) is 11.8 Å². The van der Waals surface area contributed by atoms with Gasteiger partial charge >= 0.3 is 0 Å². The smallest absolute Gasteiger partial charge is 0.226 e. The number of hydrogen-bond donors (Lipinski definition) is 1. The Morgan fingerprint density at radius 1 is 1.21 bits per heavy atom. The molecule has 1 N–H and O–H groups in total. The van der Waals surface area contributed by atoms with Crippen LogP contribution in [0.25, 0.3) is 5.69 Å². The van der Waals surface area contributed by atoms with Crippen molar-refractivity contribution in [2.45, 2.75) is 19.3 Å². The van der Waals surface area contributed by atoms with Crippen LogP contribution in [0.4, 0.5) is 5.82 Å². The Hall–Kier alpha value is -2.59. The second-order valence-electron chi connectivity index (χ2n) is 6.06. The van der Waals surface area contributed by atoms with Crippen LogP contribution in [0.1, 0.15) is 29.0 Å². The van der Waals surface area contributed by atoms with E-state index in [2.05, 4.69) is 41.6 Å². The van der Waals surface area contributed by atoms with E-state index >= 15 is 0 Å². The number of nitrogens with one attached hydrogen (secondary N) is 1. The first-order valence-electron chi connectivity index (χ1n) is 7.82. The predicted octanol–water partition coefficient (Wildman–Crippen LogP) is 4.31. The molecule has 0 fully saturated rings. The van der Waals surface area contributed by atoms with Gasteiger partial charge in [-0.25, -0.2) is 4.68 Å². The Bertz CT molecular complexity index is 915. The summed E-state index contributed by atoms with van der Waals surface area (Å²) >= 11 is 6.08. The summed E-state index contributed by atoms with van der Waals surface area (Å²) in [5, 5.41) is 8.07. The number of aromatic nitrogens is 2. The standard InChI is InChI=1S/C19H16ClN3O/c1-12-5-7-13(8-6-12)16-10-18(24)22-19-17(16)11-21-23(19)15-4-2-3-14(20)9-15/h2-9,11,16H,10H2,1H3,(H,22,24)/t16-/m0/s1. The molecule has 0 spiro atoms. The van der Waals surface area contributed by atoms with Crippen molar-refractivity contribution in [1.82, 2.24) is 9.78 Å². The zero-order valence-electron chi connectivity index (χ0n) is 13.2. The fourth-order valence-electron chi connectivity index (χ4n) is 3.12. The topological polar surface area (TPSA) is 46.9 Å². The lowest BCUT2D eigenvalue weighted by atomic mass is 9.87. The Morgan fingerprint density at radius 3 is 2.75 bits per heavy atom. The molecule has 0 bridgehead atoms. The number of aryl methyl sites for hydroxylation is 1. The molecule has 1 atom stereocenters. The summed E-state index contributed by atoms with van der Waals surface area (Å²) in [7, 11) is 0. The van der Waals surface area contributed by atoms with Crippen LogP contribution in [0, 0.1) is 6.92 Å². The number of amides is 1. The minimum atomic E-state index is -0.00291. The molecule has 4 nitrogen and oxygen atoms in total. The van der Waals surface area contributed by atoms with Crippen LogP contribution in [-0.4, -0.2) is 15.7 Å². The molecule has 24 heavy (non-hydrogen) atoms. The summed E-state index contributed by atoms with van der Waals surface area (Å²) in [6.07, 6.45) is 2.26. The van der Waals surface area contributed by atoms with E-state index in [0.29, 0.717) is 11.4 Å². The Labute approximate surface area is 145 Å². The summed E-state index contributed by atoms with van der Waals surface area (Å²) in [6, 6.07) is 15.7. The molecule has 1 aliphatic heterocycles. The second-order valence-corrected chi connectivity index (χ2v) is 6.49. The first kappa shape index (κ1) is 15.0. The Balaban J connectivity index is 1.81. The number of anilines is 1. The SMILES string of the molecule is Cc1ccc([C@@H]2CC(=O)Nc3c2cnn3-c2cccc(Cl)c2)cc1. The normalized spacial score (nSPS) is 16.6. The van der Waals surface area contributed by atoms with E-state index in [4.69, 9.17) is 11.6 Å². The van der Waals surface area contributed by atoms with Crippen LogP contribution in [0.2, 0.25) is 5.02 Å².